The molecule has 0 atom stereocenters. The number of nitrogens with one attached hydrogen (secondary N) is 1. The number of ether oxygens (including phenoxy) is 2. The molecule has 3 rings (SSSR count). The Bertz CT molecular complexity index is 733. The van der Waals surface area contributed by atoms with Gasteiger partial charge in [-0.05, 0) is 24.0 Å². The van der Waals surface area contributed by atoms with Gasteiger partial charge in [0.1, 0.15) is 12.7 Å². The molecule has 0 spiro atoms. The van der Waals surface area contributed by atoms with Gasteiger partial charge in [0, 0.05) is 19.8 Å². The summed E-state index contributed by atoms with van der Waals surface area (Å²) >= 11 is 0. The van der Waals surface area contributed by atoms with E-state index >= 15 is 0 Å². The fraction of sp³-hybridized carbons (Fsp3) is 0.364. The summed E-state index contributed by atoms with van der Waals surface area (Å²) in [6.45, 7) is 0.710. The lowest BCUT2D eigenvalue weighted by atomic mass is 9.80. The minimum absolute atomic E-state index is 0.0786. The van der Waals surface area contributed by atoms with Gasteiger partial charge in [-0.3, -0.25) is 9.59 Å². The molecule has 2 aromatic rings. The van der Waals surface area contributed by atoms with Crippen LogP contribution in [0.3, 0.4) is 0 Å². The fourth-order valence-electron chi connectivity index (χ4n) is 3.35. The third-order valence-electron chi connectivity index (χ3n) is 5.11. The first-order valence-electron chi connectivity index (χ1n) is 9.40. The Balaban J connectivity index is 1.61. The maximum atomic E-state index is 12.4. The maximum absolute atomic E-state index is 12.4. The predicted octanol–water partition coefficient (Wildman–Crippen LogP) is 2.79. The zero-order valence-electron chi connectivity index (χ0n) is 15.7. The van der Waals surface area contributed by atoms with Gasteiger partial charge in [0.25, 0.3) is 0 Å². The Hall–Kier alpha value is -2.70. The molecule has 0 unspecified atom stereocenters. The highest BCUT2D eigenvalue weighted by molar-refractivity contribution is 5.80. The first kappa shape index (κ1) is 20.0. The van der Waals surface area contributed by atoms with Gasteiger partial charge in [-0.2, -0.15) is 0 Å². The molecule has 28 heavy (non-hydrogen) atoms. The second-order valence-corrected chi connectivity index (χ2v) is 6.99. The summed E-state index contributed by atoms with van der Waals surface area (Å²) in [6, 6.07) is 19.4. The van der Waals surface area contributed by atoms with E-state index in [0.29, 0.717) is 26.1 Å². The van der Waals surface area contributed by atoms with Crippen molar-refractivity contribution < 1.29 is 24.2 Å². The molecule has 0 aromatic heterocycles. The zero-order chi connectivity index (χ0) is 19.8. The van der Waals surface area contributed by atoms with Crippen molar-refractivity contribution in [2.45, 2.75) is 18.9 Å². The largest absolute Gasteiger partial charge is 0.481 e. The highest BCUT2D eigenvalue weighted by Gasteiger charge is 2.40. The van der Waals surface area contributed by atoms with E-state index in [1.807, 2.05) is 60.7 Å². The molecule has 1 fully saturated rings. The van der Waals surface area contributed by atoms with Crippen molar-refractivity contribution in [3.63, 3.8) is 0 Å². The number of hydrogen-bond donors (Lipinski definition) is 2. The van der Waals surface area contributed by atoms with Gasteiger partial charge in [0.15, 0.2) is 0 Å². The molecule has 6 nitrogen and oxygen atoms in total. The van der Waals surface area contributed by atoms with Crippen molar-refractivity contribution in [3.05, 3.63) is 71.8 Å². The number of aliphatic carboxylic acids is 1. The van der Waals surface area contributed by atoms with Crippen LogP contribution in [0.1, 0.15) is 30.1 Å². The Labute approximate surface area is 164 Å². The van der Waals surface area contributed by atoms with Crippen LogP contribution in [0, 0.1) is 5.41 Å². The average Bonchev–Trinajstić information content (AvgIpc) is 2.74. The smallest absolute Gasteiger partial charge is 0.311 e. The minimum Gasteiger partial charge on any atom is -0.481 e. The lowest BCUT2D eigenvalue weighted by Crippen LogP contribution is -2.47. The van der Waals surface area contributed by atoms with E-state index in [4.69, 9.17) is 9.47 Å². The number of carboxylic acids is 1. The van der Waals surface area contributed by atoms with Crippen LogP contribution in [0.2, 0.25) is 0 Å². The van der Waals surface area contributed by atoms with E-state index in [2.05, 4.69) is 5.32 Å². The van der Waals surface area contributed by atoms with Gasteiger partial charge >= 0.3 is 5.97 Å². The van der Waals surface area contributed by atoms with Crippen LogP contribution in [-0.4, -0.2) is 43.3 Å². The number of hydrogen-bond acceptors (Lipinski definition) is 4. The Morgan fingerprint density at radius 3 is 2.04 bits per heavy atom. The van der Waals surface area contributed by atoms with Crippen molar-refractivity contribution in [1.82, 2.24) is 5.32 Å². The van der Waals surface area contributed by atoms with Crippen LogP contribution in [0.5, 0.6) is 0 Å². The summed E-state index contributed by atoms with van der Waals surface area (Å²) < 4.78 is 11.2. The molecule has 2 N–H and O–H groups in total. The summed E-state index contributed by atoms with van der Waals surface area (Å²) in [5.41, 5.74) is 0.937. The molecule has 0 saturated carbocycles. The highest BCUT2D eigenvalue weighted by Crippen LogP contribution is 2.30. The number of benzene rings is 2. The minimum atomic E-state index is -0.966. The van der Waals surface area contributed by atoms with Gasteiger partial charge in [-0.1, -0.05) is 60.7 Å². The summed E-state index contributed by atoms with van der Waals surface area (Å²) in [4.78, 5) is 24.0. The lowest BCUT2D eigenvalue weighted by molar-refractivity contribution is -0.154. The maximum Gasteiger partial charge on any atom is 0.311 e. The molecule has 0 aliphatic carbocycles. The molecule has 1 aliphatic rings. The normalized spacial score (nSPS) is 15.9. The van der Waals surface area contributed by atoms with Gasteiger partial charge in [0.05, 0.1) is 5.41 Å². The van der Waals surface area contributed by atoms with Gasteiger partial charge < -0.3 is 19.9 Å². The number of amides is 1. The number of carboxylic acid groups (broad SMARTS) is 1. The molecule has 148 valence electrons. The van der Waals surface area contributed by atoms with Crippen LogP contribution in [0.4, 0.5) is 0 Å². The van der Waals surface area contributed by atoms with Crippen molar-refractivity contribution >= 4 is 11.9 Å². The number of carbonyl (C=O) groups is 2. The summed E-state index contributed by atoms with van der Waals surface area (Å²) in [5, 5.41) is 12.3. The van der Waals surface area contributed by atoms with E-state index < -0.39 is 11.4 Å². The molecule has 0 bridgehead atoms. The molecule has 6 heteroatoms. The van der Waals surface area contributed by atoms with Crippen molar-refractivity contribution in [2.24, 2.45) is 5.41 Å². The Morgan fingerprint density at radius 2 is 1.54 bits per heavy atom. The van der Waals surface area contributed by atoms with Crippen molar-refractivity contribution in [1.29, 1.82) is 0 Å². The first-order valence-corrected chi connectivity index (χ1v) is 9.40. The SMILES string of the molecule is O=C(COC(c1ccccc1)c1ccccc1)NCC1(C(=O)O)CCOCC1. The number of rotatable bonds is 8. The first-order chi connectivity index (χ1) is 13.6. The standard InChI is InChI=1S/C22H25NO5/c24-19(23-16-22(21(25)26)11-13-27-14-12-22)15-28-20(17-7-3-1-4-8-17)18-9-5-2-6-10-18/h1-10,20H,11-16H2,(H,23,24)(H,25,26). The topological polar surface area (TPSA) is 84.9 Å². The van der Waals surface area contributed by atoms with E-state index in [-0.39, 0.29) is 25.2 Å². The van der Waals surface area contributed by atoms with Crippen LogP contribution in [0.25, 0.3) is 0 Å². The van der Waals surface area contributed by atoms with Gasteiger partial charge in [-0.15, -0.1) is 0 Å². The average molecular weight is 383 g/mol. The monoisotopic (exact) mass is 383 g/mol. The molecule has 1 saturated heterocycles. The quantitative estimate of drug-likeness (QED) is 0.732. The summed E-state index contributed by atoms with van der Waals surface area (Å²) in [6.07, 6.45) is 0.407. The number of carbonyl (C=O) groups excluding carboxylic acids is 1. The van der Waals surface area contributed by atoms with Gasteiger partial charge in [0.2, 0.25) is 5.91 Å². The summed E-state index contributed by atoms with van der Waals surface area (Å²) in [7, 11) is 0. The van der Waals surface area contributed by atoms with Crippen LogP contribution < -0.4 is 5.32 Å². The second kappa shape index (κ2) is 9.48. The lowest BCUT2D eigenvalue weighted by Gasteiger charge is -2.33. The second-order valence-electron chi connectivity index (χ2n) is 6.99. The van der Waals surface area contributed by atoms with E-state index in [1.54, 1.807) is 0 Å². The molecule has 1 heterocycles. The van der Waals surface area contributed by atoms with Crippen LogP contribution >= 0.6 is 0 Å². The Kier molecular flexibility index (Phi) is 6.79. The summed E-state index contributed by atoms with van der Waals surface area (Å²) in [5.74, 6) is -1.23. The Morgan fingerprint density at radius 1 is 1.00 bits per heavy atom. The molecule has 1 amide bonds. The fourth-order valence-corrected chi connectivity index (χ4v) is 3.35. The molecular formula is C22H25NO5. The molecule has 0 radical (unpaired) electrons. The van der Waals surface area contributed by atoms with E-state index in [0.717, 1.165) is 11.1 Å². The molecular weight excluding hydrogens is 358 g/mol. The van der Waals surface area contributed by atoms with E-state index in [1.165, 1.54) is 0 Å². The predicted molar refractivity (Wildman–Crippen MR) is 104 cm³/mol. The van der Waals surface area contributed by atoms with Crippen molar-refractivity contribution in [2.75, 3.05) is 26.4 Å². The third kappa shape index (κ3) is 4.97. The van der Waals surface area contributed by atoms with E-state index in [9.17, 15) is 14.7 Å². The van der Waals surface area contributed by atoms with Crippen LogP contribution in [-0.2, 0) is 19.1 Å². The van der Waals surface area contributed by atoms with Crippen LogP contribution in [0.15, 0.2) is 60.7 Å². The van der Waals surface area contributed by atoms with Crippen molar-refractivity contribution in [3.8, 4) is 0 Å². The highest BCUT2D eigenvalue weighted by atomic mass is 16.5. The molecule has 2 aromatic carbocycles. The zero-order valence-corrected chi connectivity index (χ0v) is 15.7. The third-order valence-corrected chi connectivity index (χ3v) is 5.11. The molecule has 1 aliphatic heterocycles. The van der Waals surface area contributed by atoms with Gasteiger partial charge in [-0.25, -0.2) is 0 Å².